The normalized spacial score (nSPS) is 31.1. The Kier molecular flexibility index (Phi) is 2.44. The third-order valence-electron chi connectivity index (χ3n) is 2.59. The second-order valence-electron chi connectivity index (χ2n) is 3.72. The van der Waals surface area contributed by atoms with Crippen LogP contribution in [0, 0.1) is 5.92 Å². The van der Waals surface area contributed by atoms with Crippen LogP contribution in [0.4, 0.5) is 0 Å². The second-order valence-corrected chi connectivity index (χ2v) is 3.72. The molecule has 0 spiro atoms. The Hall–Kier alpha value is -0.0800. The Morgan fingerprint density at radius 3 is 2.82 bits per heavy atom. The van der Waals surface area contributed by atoms with Crippen molar-refractivity contribution >= 4 is 0 Å². The molecule has 2 aliphatic rings. The highest BCUT2D eigenvalue weighted by Gasteiger charge is 2.21. The first kappa shape index (κ1) is 7.56. The van der Waals surface area contributed by atoms with Crippen molar-refractivity contribution in [3.8, 4) is 0 Å². The first-order chi connectivity index (χ1) is 5.45. The van der Waals surface area contributed by atoms with E-state index >= 15 is 0 Å². The molecule has 1 heterocycles. The van der Waals surface area contributed by atoms with E-state index in [4.69, 9.17) is 4.74 Å². The van der Waals surface area contributed by atoms with Crippen LogP contribution in [0.1, 0.15) is 25.7 Å². The summed E-state index contributed by atoms with van der Waals surface area (Å²) in [5.41, 5.74) is 0. The van der Waals surface area contributed by atoms with Gasteiger partial charge in [0.05, 0.1) is 6.10 Å². The first-order valence-electron chi connectivity index (χ1n) is 4.77. The largest absolute Gasteiger partial charge is 0.377 e. The molecule has 0 unspecified atom stereocenters. The molecule has 0 aromatic carbocycles. The van der Waals surface area contributed by atoms with E-state index < -0.39 is 0 Å². The van der Waals surface area contributed by atoms with Crippen LogP contribution < -0.4 is 5.32 Å². The van der Waals surface area contributed by atoms with Crippen molar-refractivity contribution in [2.45, 2.75) is 31.8 Å². The average molecular weight is 155 g/mol. The van der Waals surface area contributed by atoms with Gasteiger partial charge in [-0.05, 0) is 25.3 Å². The van der Waals surface area contributed by atoms with E-state index in [1.54, 1.807) is 0 Å². The van der Waals surface area contributed by atoms with E-state index in [0.29, 0.717) is 6.10 Å². The quantitative estimate of drug-likeness (QED) is 0.658. The molecule has 64 valence electrons. The van der Waals surface area contributed by atoms with Gasteiger partial charge in [-0.2, -0.15) is 0 Å². The van der Waals surface area contributed by atoms with Crippen LogP contribution in [-0.2, 0) is 4.74 Å². The Labute approximate surface area is 68.3 Å². The summed E-state index contributed by atoms with van der Waals surface area (Å²) in [5.74, 6) is 1.02. The topological polar surface area (TPSA) is 21.3 Å². The molecule has 2 rings (SSSR count). The van der Waals surface area contributed by atoms with Gasteiger partial charge in [0.1, 0.15) is 0 Å². The summed E-state index contributed by atoms with van der Waals surface area (Å²) in [4.78, 5) is 0. The van der Waals surface area contributed by atoms with Gasteiger partial charge in [0, 0.05) is 13.2 Å². The van der Waals surface area contributed by atoms with Gasteiger partial charge in [-0.25, -0.2) is 0 Å². The molecule has 1 aliphatic heterocycles. The van der Waals surface area contributed by atoms with E-state index in [0.717, 1.165) is 25.6 Å². The van der Waals surface area contributed by atoms with Crippen molar-refractivity contribution in [2.24, 2.45) is 5.92 Å². The van der Waals surface area contributed by atoms with Crippen LogP contribution in [-0.4, -0.2) is 25.8 Å². The Balaban J connectivity index is 1.51. The molecule has 0 amide bonds. The molecule has 0 aromatic heterocycles. The fourth-order valence-corrected chi connectivity index (χ4v) is 1.58. The lowest BCUT2D eigenvalue weighted by Gasteiger charge is -2.09. The van der Waals surface area contributed by atoms with Crippen molar-refractivity contribution in [3.05, 3.63) is 0 Å². The molecule has 1 aliphatic carbocycles. The minimum Gasteiger partial charge on any atom is -0.377 e. The molecule has 0 radical (unpaired) electrons. The predicted octanol–water partition coefficient (Wildman–Crippen LogP) is 1.17. The van der Waals surface area contributed by atoms with Gasteiger partial charge in [0.2, 0.25) is 0 Å². The first-order valence-corrected chi connectivity index (χ1v) is 4.77. The van der Waals surface area contributed by atoms with Crippen LogP contribution in [0.2, 0.25) is 0 Å². The van der Waals surface area contributed by atoms with E-state index in [9.17, 15) is 0 Å². The third kappa shape index (κ3) is 2.46. The van der Waals surface area contributed by atoms with Gasteiger partial charge in [-0.15, -0.1) is 0 Å². The second kappa shape index (κ2) is 3.55. The maximum atomic E-state index is 5.69. The van der Waals surface area contributed by atoms with E-state index in [2.05, 4.69) is 5.32 Å². The summed E-state index contributed by atoms with van der Waals surface area (Å²) >= 11 is 0. The van der Waals surface area contributed by atoms with Gasteiger partial charge < -0.3 is 10.1 Å². The monoisotopic (exact) mass is 155 g/mol. The van der Waals surface area contributed by atoms with Crippen molar-refractivity contribution in [1.29, 1.82) is 0 Å². The molecule has 1 atom stereocenters. The maximum absolute atomic E-state index is 5.69. The van der Waals surface area contributed by atoms with Gasteiger partial charge in [-0.3, -0.25) is 0 Å². The predicted molar refractivity (Wildman–Crippen MR) is 44.6 cm³/mol. The maximum Gasteiger partial charge on any atom is 0.0711 e. The summed E-state index contributed by atoms with van der Waals surface area (Å²) in [7, 11) is 0. The summed E-state index contributed by atoms with van der Waals surface area (Å²) < 4.78 is 5.69. The van der Waals surface area contributed by atoms with Gasteiger partial charge in [-0.1, -0.05) is 12.8 Å². The zero-order valence-corrected chi connectivity index (χ0v) is 7.01. The minimum absolute atomic E-state index is 0.522. The molecule has 1 N–H and O–H groups in total. The molecule has 2 heteroatoms. The highest BCUT2D eigenvalue weighted by atomic mass is 16.5. The molecule has 11 heavy (non-hydrogen) atoms. The molecular weight excluding hydrogens is 138 g/mol. The zero-order valence-electron chi connectivity index (χ0n) is 7.01. The summed E-state index contributed by atoms with van der Waals surface area (Å²) in [6.45, 7) is 3.22. The average Bonchev–Trinajstić information content (AvgIpc) is 2.66. The van der Waals surface area contributed by atoms with Crippen molar-refractivity contribution in [3.63, 3.8) is 0 Å². The van der Waals surface area contributed by atoms with E-state index in [-0.39, 0.29) is 0 Å². The molecule has 2 fully saturated rings. The van der Waals surface area contributed by atoms with Gasteiger partial charge in [0.15, 0.2) is 0 Å². The van der Waals surface area contributed by atoms with Crippen LogP contribution in [0.3, 0.4) is 0 Å². The number of hydrogen-bond acceptors (Lipinski definition) is 2. The van der Waals surface area contributed by atoms with Crippen molar-refractivity contribution in [2.75, 3.05) is 19.7 Å². The SMILES string of the molecule is C1C[C@@H](OCCC2CC2)CN1. The molecule has 1 saturated heterocycles. The third-order valence-corrected chi connectivity index (χ3v) is 2.59. The standard InChI is InChI=1S/C9H17NO/c1-2-8(1)4-6-11-9-3-5-10-7-9/h8-10H,1-7H2/t9-/m1/s1. The molecule has 2 nitrogen and oxygen atoms in total. The Morgan fingerprint density at radius 2 is 2.18 bits per heavy atom. The van der Waals surface area contributed by atoms with Crippen molar-refractivity contribution < 1.29 is 4.74 Å². The molecule has 0 aromatic rings. The Bertz CT molecular complexity index is 117. The smallest absolute Gasteiger partial charge is 0.0711 e. The van der Waals surface area contributed by atoms with Crippen LogP contribution >= 0.6 is 0 Å². The fourth-order valence-electron chi connectivity index (χ4n) is 1.58. The lowest BCUT2D eigenvalue weighted by Crippen LogP contribution is -2.17. The lowest BCUT2D eigenvalue weighted by atomic mass is 10.3. The summed E-state index contributed by atoms with van der Waals surface area (Å²) in [6, 6.07) is 0. The van der Waals surface area contributed by atoms with Crippen LogP contribution in [0.5, 0.6) is 0 Å². The number of hydrogen-bond donors (Lipinski definition) is 1. The minimum atomic E-state index is 0.522. The number of rotatable bonds is 4. The Morgan fingerprint density at radius 1 is 1.27 bits per heavy atom. The highest BCUT2D eigenvalue weighted by Crippen LogP contribution is 2.32. The molecular formula is C9H17NO. The summed E-state index contributed by atoms with van der Waals surface area (Å²) in [6.07, 6.45) is 5.94. The highest BCUT2D eigenvalue weighted by molar-refractivity contribution is 4.74. The van der Waals surface area contributed by atoms with Gasteiger partial charge >= 0.3 is 0 Å². The van der Waals surface area contributed by atoms with Crippen molar-refractivity contribution in [1.82, 2.24) is 5.32 Å². The number of nitrogens with one attached hydrogen (secondary N) is 1. The van der Waals surface area contributed by atoms with E-state index in [1.165, 1.54) is 25.7 Å². The van der Waals surface area contributed by atoms with Gasteiger partial charge in [0.25, 0.3) is 0 Å². The number of ether oxygens (including phenoxy) is 1. The van der Waals surface area contributed by atoms with Crippen LogP contribution in [0.25, 0.3) is 0 Å². The molecule has 1 saturated carbocycles. The van der Waals surface area contributed by atoms with Crippen LogP contribution in [0.15, 0.2) is 0 Å². The molecule has 0 bridgehead atoms. The fraction of sp³-hybridized carbons (Fsp3) is 1.00. The lowest BCUT2D eigenvalue weighted by molar-refractivity contribution is 0.0629. The zero-order chi connectivity index (χ0) is 7.52. The van der Waals surface area contributed by atoms with E-state index in [1.807, 2.05) is 0 Å². The summed E-state index contributed by atoms with van der Waals surface area (Å²) in [5, 5.41) is 3.30.